The highest BCUT2D eigenvalue weighted by atomic mass is 16.6. The van der Waals surface area contributed by atoms with Crippen molar-refractivity contribution >= 4 is 23.7 Å². The summed E-state index contributed by atoms with van der Waals surface area (Å²) in [5.74, 6) is 0.242. The molecule has 1 aromatic rings. The second kappa shape index (κ2) is 8.94. The fourth-order valence-electron chi connectivity index (χ4n) is 2.13. The van der Waals surface area contributed by atoms with Crippen molar-refractivity contribution in [3.63, 3.8) is 0 Å². The first kappa shape index (κ1) is 19.5. The number of carbonyl (C=O) groups excluding carboxylic acids is 2. The molecule has 9 nitrogen and oxygen atoms in total. The number of non-ortho nitro benzene ring substituents is 1. The van der Waals surface area contributed by atoms with E-state index in [1.54, 1.807) is 14.1 Å². The summed E-state index contributed by atoms with van der Waals surface area (Å²) < 4.78 is 5.04. The van der Waals surface area contributed by atoms with Crippen molar-refractivity contribution in [1.29, 1.82) is 0 Å². The van der Waals surface area contributed by atoms with Gasteiger partial charge in [-0.05, 0) is 19.0 Å². The van der Waals surface area contributed by atoms with Crippen molar-refractivity contribution in [2.45, 2.75) is 6.42 Å². The van der Waals surface area contributed by atoms with Crippen molar-refractivity contribution in [2.24, 2.45) is 0 Å². The number of nitro benzene ring substituents is 1. The zero-order valence-electron chi connectivity index (χ0n) is 14.1. The normalized spacial score (nSPS) is 11.0. The van der Waals surface area contributed by atoms with Crippen LogP contribution in [-0.2, 0) is 9.59 Å². The van der Waals surface area contributed by atoms with Crippen LogP contribution in [0.25, 0.3) is 0 Å². The first-order chi connectivity index (χ1) is 11.3. The molecular formula is C15H23N4O5+. The number of carbonyl (C=O) groups is 2. The number of methoxy groups -OCH3 is 1. The molecule has 0 aliphatic heterocycles. The molecule has 1 rings (SSSR count). The Labute approximate surface area is 140 Å². The number of quaternary nitrogens is 1. The van der Waals surface area contributed by atoms with Gasteiger partial charge in [0.2, 0.25) is 6.41 Å². The van der Waals surface area contributed by atoms with Crippen molar-refractivity contribution < 1.29 is 19.2 Å². The van der Waals surface area contributed by atoms with E-state index in [9.17, 15) is 19.7 Å². The molecule has 0 unspecified atom stereocenters. The minimum atomic E-state index is -0.508. The number of amides is 2. The SMILES string of the molecule is COc1ccc([N+](=O)[O-])cc1[N+](C)(C)C(=O)CNCCCNC=O. The predicted molar refractivity (Wildman–Crippen MR) is 89.9 cm³/mol. The maximum atomic E-state index is 12.5. The Morgan fingerprint density at radius 3 is 2.67 bits per heavy atom. The molecule has 0 fully saturated rings. The molecule has 0 saturated heterocycles. The Bertz CT molecular complexity index is 604. The van der Waals surface area contributed by atoms with E-state index in [1.165, 1.54) is 25.3 Å². The zero-order chi connectivity index (χ0) is 18.2. The highest BCUT2D eigenvalue weighted by Gasteiger charge is 2.33. The van der Waals surface area contributed by atoms with E-state index in [0.717, 1.165) is 0 Å². The third kappa shape index (κ3) is 5.00. The number of nitrogens with zero attached hydrogens (tertiary/aromatic N) is 2. The Kier molecular flexibility index (Phi) is 7.28. The monoisotopic (exact) mass is 339 g/mol. The third-order valence-corrected chi connectivity index (χ3v) is 3.63. The van der Waals surface area contributed by atoms with Gasteiger partial charge in [0.25, 0.3) is 5.69 Å². The molecule has 0 aliphatic carbocycles. The van der Waals surface area contributed by atoms with Crippen molar-refractivity contribution in [3.8, 4) is 5.75 Å². The van der Waals surface area contributed by atoms with Gasteiger partial charge in [-0.25, -0.2) is 9.28 Å². The van der Waals surface area contributed by atoms with Gasteiger partial charge in [-0.2, -0.15) is 0 Å². The molecule has 0 spiro atoms. The van der Waals surface area contributed by atoms with E-state index in [1.807, 2.05) is 0 Å². The van der Waals surface area contributed by atoms with Crippen LogP contribution in [0.3, 0.4) is 0 Å². The molecule has 9 heteroatoms. The minimum absolute atomic E-state index is 0.0972. The van der Waals surface area contributed by atoms with Crippen LogP contribution in [0.15, 0.2) is 18.2 Å². The molecule has 24 heavy (non-hydrogen) atoms. The first-order valence-electron chi connectivity index (χ1n) is 7.42. The average Bonchev–Trinajstić information content (AvgIpc) is 2.56. The van der Waals surface area contributed by atoms with Gasteiger partial charge in [-0.3, -0.25) is 14.9 Å². The van der Waals surface area contributed by atoms with Gasteiger partial charge in [0, 0.05) is 12.6 Å². The van der Waals surface area contributed by atoms with Crippen molar-refractivity contribution in [2.75, 3.05) is 40.8 Å². The number of hydrogen-bond acceptors (Lipinski definition) is 6. The first-order valence-corrected chi connectivity index (χ1v) is 7.42. The smallest absolute Gasteiger partial charge is 0.332 e. The van der Waals surface area contributed by atoms with Gasteiger partial charge >= 0.3 is 5.91 Å². The molecule has 0 atom stereocenters. The Morgan fingerprint density at radius 1 is 1.38 bits per heavy atom. The maximum absolute atomic E-state index is 12.5. The van der Waals surface area contributed by atoms with Gasteiger partial charge < -0.3 is 15.4 Å². The van der Waals surface area contributed by atoms with Gasteiger partial charge in [0.05, 0.1) is 32.2 Å². The quantitative estimate of drug-likeness (QED) is 0.210. The molecule has 132 valence electrons. The van der Waals surface area contributed by atoms with E-state index in [2.05, 4.69) is 10.6 Å². The average molecular weight is 339 g/mol. The fourth-order valence-corrected chi connectivity index (χ4v) is 2.13. The highest BCUT2D eigenvalue weighted by molar-refractivity contribution is 5.91. The summed E-state index contributed by atoms with van der Waals surface area (Å²) in [6.07, 6.45) is 1.32. The van der Waals surface area contributed by atoms with Crippen LogP contribution < -0.4 is 19.9 Å². The lowest BCUT2D eigenvalue weighted by Crippen LogP contribution is -2.51. The van der Waals surface area contributed by atoms with Crippen molar-refractivity contribution in [3.05, 3.63) is 28.3 Å². The summed E-state index contributed by atoms with van der Waals surface area (Å²) in [5, 5.41) is 16.5. The van der Waals surface area contributed by atoms with Crippen LogP contribution in [0.2, 0.25) is 0 Å². The second-order valence-corrected chi connectivity index (χ2v) is 5.56. The molecule has 0 radical (unpaired) electrons. The second-order valence-electron chi connectivity index (χ2n) is 5.56. The van der Waals surface area contributed by atoms with Crippen LogP contribution >= 0.6 is 0 Å². The predicted octanol–water partition coefficient (Wildman–Crippen LogP) is 0.423. The van der Waals surface area contributed by atoms with Gasteiger partial charge in [-0.1, -0.05) is 0 Å². The van der Waals surface area contributed by atoms with Crippen LogP contribution in [0.4, 0.5) is 11.4 Å². The van der Waals surface area contributed by atoms with E-state index >= 15 is 0 Å². The van der Waals surface area contributed by atoms with Crippen LogP contribution in [0.5, 0.6) is 5.75 Å². The van der Waals surface area contributed by atoms with Crippen LogP contribution in [-0.4, -0.2) is 58.1 Å². The number of hydrogen-bond donors (Lipinski definition) is 2. The van der Waals surface area contributed by atoms with E-state index < -0.39 is 4.92 Å². The lowest BCUT2D eigenvalue weighted by molar-refractivity contribution is -0.384. The summed E-state index contributed by atoms with van der Waals surface area (Å²) >= 11 is 0. The molecule has 2 N–H and O–H groups in total. The lowest BCUT2D eigenvalue weighted by atomic mass is 10.2. The summed E-state index contributed by atoms with van der Waals surface area (Å²) in [4.78, 5) is 33.1. The molecule has 0 saturated carbocycles. The van der Waals surface area contributed by atoms with E-state index in [0.29, 0.717) is 37.4 Å². The molecule has 0 heterocycles. The van der Waals surface area contributed by atoms with E-state index in [4.69, 9.17) is 4.74 Å². The van der Waals surface area contributed by atoms with Gasteiger partial charge in [0.1, 0.15) is 6.54 Å². The van der Waals surface area contributed by atoms with Crippen LogP contribution in [0.1, 0.15) is 6.42 Å². The lowest BCUT2D eigenvalue weighted by Gasteiger charge is -2.27. The maximum Gasteiger partial charge on any atom is 0.332 e. The number of rotatable bonds is 10. The molecule has 0 aliphatic rings. The van der Waals surface area contributed by atoms with Gasteiger partial charge in [0.15, 0.2) is 11.4 Å². The number of nitrogens with one attached hydrogen (secondary N) is 2. The largest absolute Gasteiger partial charge is 0.491 e. The van der Waals surface area contributed by atoms with Crippen molar-refractivity contribution in [1.82, 2.24) is 15.1 Å². The fraction of sp³-hybridized carbons (Fsp3) is 0.467. The van der Waals surface area contributed by atoms with Crippen LogP contribution in [0, 0.1) is 10.1 Å². The molecule has 0 aromatic heterocycles. The third-order valence-electron chi connectivity index (χ3n) is 3.63. The molecule has 2 amide bonds. The number of nitro groups is 1. The molecule has 1 aromatic carbocycles. The standard InChI is InChI=1S/C15H22N4O5/c1-19(2,15(21)10-16-7-4-8-17-11-20)13-9-12(18(22)23)5-6-14(13)24-3/h5-6,9,11,16H,4,7-8,10H2,1-3H3/p+1. The summed E-state index contributed by atoms with van der Waals surface area (Å²) in [6, 6.07) is 4.18. The minimum Gasteiger partial charge on any atom is -0.491 e. The van der Waals surface area contributed by atoms with Gasteiger partial charge in [-0.15, -0.1) is 0 Å². The topological polar surface area (TPSA) is 111 Å². The summed E-state index contributed by atoms with van der Waals surface area (Å²) in [6.45, 7) is 1.19. The Morgan fingerprint density at radius 2 is 2.08 bits per heavy atom. The Balaban J connectivity index is 2.82. The number of likely N-dealkylation sites (N-methyl/N-ethyl adjacent to an activating group) is 1. The summed E-state index contributed by atoms with van der Waals surface area (Å²) in [7, 11) is 4.76. The summed E-state index contributed by atoms with van der Waals surface area (Å²) in [5.41, 5.74) is 0.318. The number of ether oxygens (including phenoxy) is 1. The zero-order valence-corrected chi connectivity index (χ0v) is 14.1. The molecular weight excluding hydrogens is 316 g/mol. The number of benzene rings is 1. The Hall–Kier alpha value is -2.52. The molecule has 0 bridgehead atoms. The van der Waals surface area contributed by atoms with E-state index in [-0.39, 0.29) is 22.6 Å². The highest BCUT2D eigenvalue weighted by Crippen LogP contribution is 2.34.